The molecule has 2 aromatic rings. The molecule has 2 fully saturated rings. The molecule has 3 heterocycles. The first-order valence-electron chi connectivity index (χ1n) is 8.44. The molecule has 0 unspecified atom stereocenters. The van der Waals surface area contributed by atoms with E-state index < -0.39 is 0 Å². The van der Waals surface area contributed by atoms with Crippen LogP contribution in [0.25, 0.3) is 11.3 Å². The monoisotopic (exact) mass is 345 g/mol. The lowest BCUT2D eigenvalue weighted by Crippen LogP contribution is -2.32. The van der Waals surface area contributed by atoms with E-state index in [1.54, 1.807) is 12.1 Å². The van der Waals surface area contributed by atoms with Crippen LogP contribution >= 0.6 is 11.6 Å². The van der Waals surface area contributed by atoms with Crippen LogP contribution in [0.4, 0.5) is 0 Å². The molecule has 1 N–H and O–H groups in total. The van der Waals surface area contributed by atoms with Gasteiger partial charge in [-0.1, -0.05) is 28.9 Å². The van der Waals surface area contributed by atoms with Gasteiger partial charge in [0.25, 0.3) is 5.91 Å². The van der Waals surface area contributed by atoms with Crippen molar-refractivity contribution < 1.29 is 9.32 Å². The van der Waals surface area contributed by atoms with E-state index in [2.05, 4.69) is 10.5 Å². The lowest BCUT2D eigenvalue weighted by atomic mass is 9.92. The van der Waals surface area contributed by atoms with Crippen LogP contribution in [0, 0.1) is 11.8 Å². The number of aromatic nitrogens is 1. The molecular formula is C18H20ClN3O2. The number of amides is 1. The van der Waals surface area contributed by atoms with E-state index in [4.69, 9.17) is 16.1 Å². The lowest BCUT2D eigenvalue weighted by Gasteiger charge is -2.19. The van der Waals surface area contributed by atoms with E-state index in [0.29, 0.717) is 28.3 Å². The standard InChI is InChI=1S/C18H20ClN3O2/c19-15-4-2-1-3-14(15)17-9-16(21-24-17)18(23)22-7-5-12-10-20-11-13(12)6-8-22/h1-4,9,12-13,20H,5-8,10-11H2/t12-,13+. The van der Waals surface area contributed by atoms with Crippen LogP contribution in [0.1, 0.15) is 23.3 Å². The summed E-state index contributed by atoms with van der Waals surface area (Å²) in [6.45, 7) is 3.73. The van der Waals surface area contributed by atoms with Gasteiger partial charge in [0.05, 0.1) is 5.02 Å². The molecule has 126 valence electrons. The number of benzene rings is 1. The summed E-state index contributed by atoms with van der Waals surface area (Å²) in [6, 6.07) is 9.08. The van der Waals surface area contributed by atoms with Gasteiger partial charge in [0.1, 0.15) is 0 Å². The van der Waals surface area contributed by atoms with Gasteiger partial charge in [0, 0.05) is 24.7 Å². The van der Waals surface area contributed by atoms with Crippen molar-refractivity contribution in [3.63, 3.8) is 0 Å². The Morgan fingerprint density at radius 2 is 1.92 bits per heavy atom. The highest BCUT2D eigenvalue weighted by molar-refractivity contribution is 6.33. The van der Waals surface area contributed by atoms with Crippen molar-refractivity contribution in [2.75, 3.05) is 26.2 Å². The molecule has 0 saturated carbocycles. The molecule has 24 heavy (non-hydrogen) atoms. The van der Waals surface area contributed by atoms with E-state index in [0.717, 1.165) is 44.6 Å². The van der Waals surface area contributed by atoms with Gasteiger partial charge in [-0.3, -0.25) is 4.79 Å². The molecule has 5 nitrogen and oxygen atoms in total. The molecule has 2 saturated heterocycles. The van der Waals surface area contributed by atoms with Crippen molar-refractivity contribution in [1.82, 2.24) is 15.4 Å². The molecule has 0 radical (unpaired) electrons. The van der Waals surface area contributed by atoms with E-state index in [9.17, 15) is 4.79 Å². The first kappa shape index (κ1) is 15.7. The van der Waals surface area contributed by atoms with E-state index >= 15 is 0 Å². The average molecular weight is 346 g/mol. The fourth-order valence-corrected chi connectivity index (χ4v) is 3.98. The molecular weight excluding hydrogens is 326 g/mol. The second kappa shape index (κ2) is 6.57. The summed E-state index contributed by atoms with van der Waals surface area (Å²) in [6.07, 6.45) is 2.11. The Kier molecular flexibility index (Phi) is 4.29. The minimum Gasteiger partial charge on any atom is -0.355 e. The number of likely N-dealkylation sites (tertiary alicyclic amines) is 1. The van der Waals surface area contributed by atoms with Crippen LogP contribution < -0.4 is 5.32 Å². The van der Waals surface area contributed by atoms with Crippen molar-refractivity contribution in [2.45, 2.75) is 12.8 Å². The largest absolute Gasteiger partial charge is 0.355 e. The lowest BCUT2D eigenvalue weighted by molar-refractivity contribution is 0.0748. The zero-order chi connectivity index (χ0) is 16.5. The number of nitrogens with one attached hydrogen (secondary N) is 1. The summed E-state index contributed by atoms with van der Waals surface area (Å²) < 4.78 is 5.36. The van der Waals surface area contributed by atoms with E-state index in [1.165, 1.54) is 0 Å². The summed E-state index contributed by atoms with van der Waals surface area (Å²) >= 11 is 6.18. The number of hydrogen-bond donors (Lipinski definition) is 1. The Balaban J connectivity index is 1.50. The van der Waals surface area contributed by atoms with Crippen molar-refractivity contribution >= 4 is 17.5 Å². The van der Waals surface area contributed by atoms with Crippen molar-refractivity contribution in [3.05, 3.63) is 41.0 Å². The number of halogens is 1. The van der Waals surface area contributed by atoms with Gasteiger partial charge in [0.15, 0.2) is 11.5 Å². The first-order chi connectivity index (χ1) is 11.7. The third kappa shape index (κ3) is 2.94. The van der Waals surface area contributed by atoms with Crippen LogP contribution in [0.15, 0.2) is 34.9 Å². The Labute approximate surface area is 146 Å². The van der Waals surface area contributed by atoms with Crippen molar-refractivity contribution in [3.8, 4) is 11.3 Å². The van der Waals surface area contributed by atoms with Gasteiger partial charge in [-0.2, -0.15) is 0 Å². The zero-order valence-electron chi connectivity index (χ0n) is 13.4. The number of rotatable bonds is 2. The van der Waals surface area contributed by atoms with Gasteiger partial charge in [-0.25, -0.2) is 0 Å². The van der Waals surface area contributed by atoms with Gasteiger partial charge in [-0.05, 0) is 49.9 Å². The predicted molar refractivity (Wildman–Crippen MR) is 91.9 cm³/mol. The van der Waals surface area contributed by atoms with Crippen molar-refractivity contribution in [1.29, 1.82) is 0 Å². The third-order valence-corrected chi connectivity index (χ3v) is 5.50. The minimum atomic E-state index is -0.0509. The maximum absolute atomic E-state index is 12.8. The Hall–Kier alpha value is -1.85. The summed E-state index contributed by atoms with van der Waals surface area (Å²) in [5.41, 5.74) is 1.11. The molecule has 0 aliphatic carbocycles. The smallest absolute Gasteiger partial charge is 0.276 e. The molecule has 0 bridgehead atoms. The highest BCUT2D eigenvalue weighted by Gasteiger charge is 2.32. The number of hydrogen-bond acceptors (Lipinski definition) is 4. The summed E-state index contributed by atoms with van der Waals surface area (Å²) in [5, 5.41) is 8.01. The maximum Gasteiger partial charge on any atom is 0.276 e. The molecule has 4 rings (SSSR count). The molecule has 2 aliphatic rings. The Morgan fingerprint density at radius 1 is 1.21 bits per heavy atom. The Morgan fingerprint density at radius 3 is 2.62 bits per heavy atom. The van der Waals surface area contributed by atoms with Gasteiger partial charge in [0.2, 0.25) is 0 Å². The molecule has 0 spiro atoms. The quantitative estimate of drug-likeness (QED) is 0.908. The fraction of sp³-hybridized carbons (Fsp3) is 0.444. The second-order valence-corrected chi connectivity index (χ2v) is 7.01. The molecule has 2 aliphatic heterocycles. The zero-order valence-corrected chi connectivity index (χ0v) is 14.1. The SMILES string of the molecule is O=C(c1cc(-c2ccccc2Cl)on1)N1CC[C@@H]2CNC[C@@H]2CC1. The van der Waals surface area contributed by atoms with E-state index in [1.807, 2.05) is 23.1 Å². The van der Waals surface area contributed by atoms with Gasteiger partial charge < -0.3 is 14.7 Å². The normalized spacial score (nSPS) is 23.8. The van der Waals surface area contributed by atoms with E-state index in [-0.39, 0.29) is 5.91 Å². The predicted octanol–water partition coefficient (Wildman–Crippen LogP) is 3.07. The number of carbonyl (C=O) groups excluding carboxylic acids is 1. The van der Waals surface area contributed by atoms with Crippen LogP contribution in [0.5, 0.6) is 0 Å². The minimum absolute atomic E-state index is 0.0509. The fourth-order valence-electron chi connectivity index (χ4n) is 3.75. The van der Waals surface area contributed by atoms with Crippen molar-refractivity contribution in [2.24, 2.45) is 11.8 Å². The van der Waals surface area contributed by atoms with Crippen LogP contribution in [0.2, 0.25) is 5.02 Å². The average Bonchev–Trinajstić information content (AvgIpc) is 3.21. The Bertz CT molecular complexity index is 731. The van der Waals surface area contributed by atoms with Crippen LogP contribution in [0.3, 0.4) is 0 Å². The third-order valence-electron chi connectivity index (χ3n) is 5.18. The summed E-state index contributed by atoms with van der Waals surface area (Å²) in [7, 11) is 0. The maximum atomic E-state index is 12.8. The highest BCUT2D eigenvalue weighted by atomic mass is 35.5. The molecule has 1 amide bonds. The topological polar surface area (TPSA) is 58.4 Å². The summed E-state index contributed by atoms with van der Waals surface area (Å²) in [4.78, 5) is 14.7. The van der Waals surface area contributed by atoms with Crippen LogP contribution in [-0.4, -0.2) is 42.1 Å². The number of nitrogens with zero attached hydrogens (tertiary/aromatic N) is 2. The highest BCUT2D eigenvalue weighted by Crippen LogP contribution is 2.30. The number of fused-ring (bicyclic) bond motifs is 1. The molecule has 6 heteroatoms. The first-order valence-corrected chi connectivity index (χ1v) is 8.82. The van der Waals surface area contributed by atoms with Gasteiger partial charge >= 0.3 is 0 Å². The van der Waals surface area contributed by atoms with Gasteiger partial charge in [-0.15, -0.1) is 0 Å². The molecule has 1 aromatic heterocycles. The summed E-state index contributed by atoms with van der Waals surface area (Å²) in [5.74, 6) is 1.86. The molecule has 1 aromatic carbocycles. The molecule has 2 atom stereocenters. The number of carbonyl (C=O) groups is 1. The second-order valence-electron chi connectivity index (χ2n) is 6.60. The van der Waals surface area contributed by atoms with Crippen LogP contribution in [-0.2, 0) is 0 Å².